The molecule has 0 unspecified atom stereocenters. The van der Waals surface area contributed by atoms with Crippen molar-refractivity contribution < 1.29 is 10.2 Å². The molecule has 1 aromatic carbocycles. The summed E-state index contributed by atoms with van der Waals surface area (Å²) in [7, 11) is 3.95. The molecule has 0 heterocycles. The molecule has 3 heteroatoms. The zero-order chi connectivity index (χ0) is 13.1. The van der Waals surface area contributed by atoms with Crippen molar-refractivity contribution in [2.45, 2.75) is 26.8 Å². The van der Waals surface area contributed by atoms with Gasteiger partial charge in [-0.2, -0.15) is 0 Å². The molecule has 0 amide bonds. The van der Waals surface area contributed by atoms with E-state index in [-0.39, 0.29) is 12.0 Å². The summed E-state index contributed by atoms with van der Waals surface area (Å²) in [6.45, 7) is 4.95. The number of aliphatic hydroxyl groups is 1. The van der Waals surface area contributed by atoms with Crippen molar-refractivity contribution in [3.63, 3.8) is 0 Å². The monoisotopic (exact) mass is 237 g/mol. The SMILES string of the molecule is CN(C)Cc1cc(CC(C)(C)CO)ccc1O. The molecule has 0 aliphatic carbocycles. The van der Waals surface area contributed by atoms with Crippen LogP contribution in [0.15, 0.2) is 18.2 Å². The highest BCUT2D eigenvalue weighted by Crippen LogP contribution is 2.25. The number of aliphatic hydroxyl groups excluding tert-OH is 1. The molecule has 0 radical (unpaired) electrons. The molecule has 1 aromatic rings. The third kappa shape index (κ3) is 4.36. The minimum Gasteiger partial charge on any atom is -0.508 e. The van der Waals surface area contributed by atoms with E-state index in [2.05, 4.69) is 0 Å². The highest BCUT2D eigenvalue weighted by atomic mass is 16.3. The van der Waals surface area contributed by atoms with Crippen LogP contribution in [0.2, 0.25) is 0 Å². The number of phenols is 1. The van der Waals surface area contributed by atoms with Gasteiger partial charge in [0.2, 0.25) is 0 Å². The topological polar surface area (TPSA) is 43.7 Å². The number of phenolic OH excluding ortho intramolecular Hbond substituents is 1. The predicted octanol–water partition coefficient (Wildman–Crippen LogP) is 2.01. The number of nitrogens with zero attached hydrogens (tertiary/aromatic N) is 1. The van der Waals surface area contributed by atoms with E-state index in [4.69, 9.17) is 0 Å². The van der Waals surface area contributed by atoms with Gasteiger partial charge in [0.25, 0.3) is 0 Å². The summed E-state index contributed by atoms with van der Waals surface area (Å²) in [5.74, 6) is 0.337. The van der Waals surface area contributed by atoms with E-state index in [9.17, 15) is 10.2 Å². The molecular weight excluding hydrogens is 214 g/mol. The highest BCUT2D eigenvalue weighted by Gasteiger charge is 2.17. The van der Waals surface area contributed by atoms with Gasteiger partial charge in [0.05, 0.1) is 0 Å². The van der Waals surface area contributed by atoms with E-state index >= 15 is 0 Å². The molecule has 2 N–H and O–H groups in total. The van der Waals surface area contributed by atoms with Crippen LogP contribution in [0, 0.1) is 5.41 Å². The van der Waals surface area contributed by atoms with Crippen LogP contribution in [0.25, 0.3) is 0 Å². The summed E-state index contributed by atoms with van der Waals surface area (Å²) in [6, 6.07) is 5.68. The normalized spacial score (nSPS) is 12.1. The van der Waals surface area contributed by atoms with Crippen molar-refractivity contribution in [2.24, 2.45) is 5.41 Å². The molecule has 17 heavy (non-hydrogen) atoms. The molecule has 96 valence electrons. The molecule has 0 saturated carbocycles. The second-order valence-corrected chi connectivity index (χ2v) is 5.70. The van der Waals surface area contributed by atoms with Crippen LogP contribution in [0.5, 0.6) is 5.75 Å². The highest BCUT2D eigenvalue weighted by molar-refractivity contribution is 5.36. The van der Waals surface area contributed by atoms with Gasteiger partial charge in [-0.05, 0) is 37.6 Å². The maximum Gasteiger partial charge on any atom is 0.120 e. The lowest BCUT2D eigenvalue weighted by molar-refractivity contribution is 0.159. The van der Waals surface area contributed by atoms with Gasteiger partial charge in [0.1, 0.15) is 5.75 Å². The Morgan fingerprint density at radius 1 is 1.24 bits per heavy atom. The van der Waals surface area contributed by atoms with E-state index in [1.165, 1.54) is 0 Å². The summed E-state index contributed by atoms with van der Waals surface area (Å²) in [4.78, 5) is 2.02. The Bertz CT molecular complexity index is 372. The third-order valence-electron chi connectivity index (χ3n) is 2.74. The molecule has 1 rings (SSSR count). The number of benzene rings is 1. The minimum absolute atomic E-state index is 0.119. The lowest BCUT2D eigenvalue weighted by Gasteiger charge is -2.22. The molecule has 0 aliphatic heterocycles. The lowest BCUT2D eigenvalue weighted by Crippen LogP contribution is -2.20. The zero-order valence-corrected chi connectivity index (χ0v) is 11.2. The minimum atomic E-state index is -0.119. The fraction of sp³-hybridized carbons (Fsp3) is 0.571. The van der Waals surface area contributed by atoms with E-state index in [1.807, 2.05) is 45.0 Å². The largest absolute Gasteiger partial charge is 0.508 e. The first-order valence-corrected chi connectivity index (χ1v) is 5.90. The number of rotatable bonds is 5. The van der Waals surface area contributed by atoms with Crippen LogP contribution in [-0.2, 0) is 13.0 Å². The molecular formula is C14H23NO2. The number of hydrogen-bond donors (Lipinski definition) is 2. The summed E-state index contributed by atoms with van der Waals surface area (Å²) in [5.41, 5.74) is 1.96. The van der Waals surface area contributed by atoms with Crippen LogP contribution >= 0.6 is 0 Å². The van der Waals surface area contributed by atoms with Crippen molar-refractivity contribution in [1.82, 2.24) is 4.90 Å². The Morgan fingerprint density at radius 2 is 1.88 bits per heavy atom. The number of aromatic hydroxyl groups is 1. The van der Waals surface area contributed by atoms with Gasteiger partial charge in [0.15, 0.2) is 0 Å². The van der Waals surface area contributed by atoms with Crippen molar-refractivity contribution >= 4 is 0 Å². The average Bonchev–Trinajstić information content (AvgIpc) is 2.22. The molecule has 0 aromatic heterocycles. The van der Waals surface area contributed by atoms with Crippen molar-refractivity contribution in [2.75, 3.05) is 20.7 Å². The Morgan fingerprint density at radius 3 is 2.41 bits per heavy atom. The second kappa shape index (κ2) is 5.52. The van der Waals surface area contributed by atoms with Gasteiger partial charge in [-0.15, -0.1) is 0 Å². The third-order valence-corrected chi connectivity index (χ3v) is 2.74. The van der Waals surface area contributed by atoms with Crippen molar-refractivity contribution in [3.8, 4) is 5.75 Å². The molecule has 0 bridgehead atoms. The Labute approximate surface area is 104 Å². The molecule has 0 saturated heterocycles. The van der Waals surface area contributed by atoms with Crippen molar-refractivity contribution in [3.05, 3.63) is 29.3 Å². The quantitative estimate of drug-likeness (QED) is 0.823. The fourth-order valence-corrected chi connectivity index (χ4v) is 1.82. The summed E-state index contributed by atoms with van der Waals surface area (Å²) in [6.07, 6.45) is 0.810. The first kappa shape index (κ1) is 14.0. The van der Waals surface area contributed by atoms with E-state index in [0.717, 1.165) is 24.1 Å². The number of hydrogen-bond acceptors (Lipinski definition) is 3. The van der Waals surface area contributed by atoms with Gasteiger partial charge < -0.3 is 15.1 Å². The summed E-state index contributed by atoms with van der Waals surface area (Å²) in [5, 5.41) is 19.0. The van der Waals surface area contributed by atoms with Crippen LogP contribution in [-0.4, -0.2) is 35.8 Å². The Kier molecular flexibility index (Phi) is 4.54. The van der Waals surface area contributed by atoms with Gasteiger partial charge in [0, 0.05) is 18.7 Å². The summed E-state index contributed by atoms with van der Waals surface area (Å²) < 4.78 is 0. The van der Waals surface area contributed by atoms with E-state index < -0.39 is 0 Å². The van der Waals surface area contributed by atoms with Gasteiger partial charge in [-0.3, -0.25) is 0 Å². The molecule has 0 aliphatic rings. The fourth-order valence-electron chi connectivity index (χ4n) is 1.82. The predicted molar refractivity (Wildman–Crippen MR) is 70.1 cm³/mol. The standard InChI is InChI=1S/C14H23NO2/c1-14(2,10-16)8-11-5-6-13(17)12(7-11)9-15(3)4/h5-7,16-17H,8-10H2,1-4H3. The van der Waals surface area contributed by atoms with Crippen LogP contribution in [0.1, 0.15) is 25.0 Å². The van der Waals surface area contributed by atoms with Crippen LogP contribution in [0.4, 0.5) is 0 Å². The van der Waals surface area contributed by atoms with Gasteiger partial charge >= 0.3 is 0 Å². The first-order chi connectivity index (χ1) is 7.84. The molecule has 0 spiro atoms. The maximum absolute atomic E-state index is 9.76. The van der Waals surface area contributed by atoms with Crippen molar-refractivity contribution in [1.29, 1.82) is 0 Å². The van der Waals surface area contributed by atoms with Crippen LogP contribution in [0.3, 0.4) is 0 Å². The second-order valence-electron chi connectivity index (χ2n) is 5.70. The first-order valence-electron chi connectivity index (χ1n) is 5.90. The van der Waals surface area contributed by atoms with E-state index in [0.29, 0.717) is 5.75 Å². The summed E-state index contributed by atoms with van der Waals surface area (Å²) >= 11 is 0. The van der Waals surface area contributed by atoms with Gasteiger partial charge in [-0.1, -0.05) is 26.0 Å². The average molecular weight is 237 g/mol. The zero-order valence-electron chi connectivity index (χ0n) is 11.2. The van der Waals surface area contributed by atoms with Crippen LogP contribution < -0.4 is 0 Å². The van der Waals surface area contributed by atoms with Gasteiger partial charge in [-0.25, -0.2) is 0 Å². The smallest absolute Gasteiger partial charge is 0.120 e. The maximum atomic E-state index is 9.76. The Hall–Kier alpha value is -1.06. The molecule has 3 nitrogen and oxygen atoms in total. The molecule has 0 atom stereocenters. The molecule has 0 fully saturated rings. The Balaban J connectivity index is 2.88. The van der Waals surface area contributed by atoms with E-state index in [1.54, 1.807) is 6.07 Å². The lowest BCUT2D eigenvalue weighted by atomic mass is 9.86.